The summed E-state index contributed by atoms with van der Waals surface area (Å²) in [6.45, 7) is 1.56. The van der Waals surface area contributed by atoms with Crippen LogP contribution in [-0.2, 0) is 4.74 Å². The maximum atomic E-state index is 12.8. The van der Waals surface area contributed by atoms with Gasteiger partial charge in [0, 0.05) is 29.4 Å². The van der Waals surface area contributed by atoms with Crippen LogP contribution < -0.4 is 19.5 Å². The van der Waals surface area contributed by atoms with Crippen LogP contribution in [0.15, 0.2) is 97.1 Å². The van der Waals surface area contributed by atoms with Gasteiger partial charge in [0.15, 0.2) is 11.5 Å². The Morgan fingerprint density at radius 3 is 2.31 bits per heavy atom. The minimum Gasteiger partial charge on any atom is -0.493 e. The first-order valence-electron chi connectivity index (χ1n) is 12.6. The van der Waals surface area contributed by atoms with Crippen LogP contribution >= 0.6 is 12.4 Å². The summed E-state index contributed by atoms with van der Waals surface area (Å²) in [6, 6.07) is 30.6. The van der Waals surface area contributed by atoms with E-state index in [4.69, 9.17) is 18.9 Å². The molecule has 1 heterocycles. The average Bonchev–Trinajstić information content (AvgIpc) is 3.35. The number of nitrogens with one attached hydrogen (secondary N) is 2. The number of aromatic amines is 1. The van der Waals surface area contributed by atoms with Crippen molar-refractivity contribution < 1.29 is 23.7 Å². The topological polar surface area (TPSA) is 81.8 Å². The van der Waals surface area contributed by atoms with Crippen LogP contribution in [0.2, 0.25) is 0 Å². The van der Waals surface area contributed by atoms with E-state index in [1.54, 1.807) is 19.2 Å². The Bertz CT molecular complexity index is 1510. The van der Waals surface area contributed by atoms with Crippen LogP contribution in [0.1, 0.15) is 10.4 Å². The minimum absolute atomic E-state index is 0. The third-order valence-corrected chi connectivity index (χ3v) is 6.19. The minimum atomic E-state index is -0.520. The number of esters is 1. The second-order valence-electron chi connectivity index (χ2n) is 8.76. The predicted octanol–water partition coefficient (Wildman–Crippen LogP) is 6.02. The smallest absolute Gasteiger partial charge is 0.338 e. The molecule has 0 radical (unpaired) electrons. The number of carbonyl (C=O) groups excluding carboxylic acids is 1. The Morgan fingerprint density at radius 1 is 0.795 bits per heavy atom. The molecule has 2 N–H and O–H groups in total. The lowest BCUT2D eigenvalue weighted by Crippen LogP contribution is -2.37. The van der Waals surface area contributed by atoms with Gasteiger partial charge in [-0.05, 0) is 36.4 Å². The fraction of sp³-hybridized carbons (Fsp3) is 0.194. The summed E-state index contributed by atoms with van der Waals surface area (Å²) >= 11 is 0. The highest BCUT2D eigenvalue weighted by molar-refractivity contribution is 6.09. The monoisotopic (exact) mass is 546 g/mol. The van der Waals surface area contributed by atoms with Gasteiger partial charge in [-0.3, -0.25) is 0 Å². The number of ether oxygens (including phenoxy) is 4. The molecule has 0 aliphatic rings. The van der Waals surface area contributed by atoms with Crippen LogP contribution in [0.3, 0.4) is 0 Å². The number of aromatic nitrogens is 1. The van der Waals surface area contributed by atoms with Gasteiger partial charge in [-0.1, -0.05) is 60.7 Å². The molecule has 0 aliphatic carbocycles. The number of hydrogen-bond acceptors (Lipinski definition) is 6. The number of halogens is 1. The summed E-state index contributed by atoms with van der Waals surface area (Å²) in [4.78, 5) is 16.2. The number of rotatable bonds is 12. The third-order valence-electron chi connectivity index (χ3n) is 6.19. The van der Waals surface area contributed by atoms with Crippen molar-refractivity contribution >= 4 is 40.2 Å². The highest BCUT2D eigenvalue weighted by atomic mass is 35.5. The maximum absolute atomic E-state index is 12.8. The predicted molar refractivity (Wildman–Crippen MR) is 156 cm³/mol. The zero-order chi connectivity index (χ0) is 26.2. The molecule has 8 heteroatoms. The summed E-state index contributed by atoms with van der Waals surface area (Å²) < 4.78 is 23.2. The lowest BCUT2D eigenvalue weighted by Gasteiger charge is -2.20. The molecule has 4 aromatic carbocycles. The first-order valence-corrected chi connectivity index (χ1v) is 12.6. The summed E-state index contributed by atoms with van der Waals surface area (Å²) in [5.41, 5.74) is 2.46. The van der Waals surface area contributed by atoms with E-state index in [-0.39, 0.29) is 19.0 Å². The zero-order valence-corrected chi connectivity index (χ0v) is 22.4. The molecule has 1 unspecified atom stereocenters. The standard InChI is InChI=1S/C31H30N2O5.ClH/c1-35-27-15-7-8-16-28(27)36-19-18-32-20-23(38-31(34)22-10-3-2-4-11-22)21-37-29-17-9-13-25-24-12-5-6-14-26(24)33-30(25)29;/h2-17,23,32-33H,18-21H2,1H3;1H. The SMILES string of the molecule is COc1ccccc1OCCNCC(COc1cccc2c1[nH]c1ccccc12)OC(=O)c1ccccc1.Cl. The van der Waals surface area contributed by atoms with E-state index < -0.39 is 12.1 Å². The molecule has 39 heavy (non-hydrogen) atoms. The molecule has 0 spiro atoms. The molecule has 1 atom stereocenters. The molecular formula is C31H31ClN2O5. The van der Waals surface area contributed by atoms with Gasteiger partial charge in [0.05, 0.1) is 18.2 Å². The van der Waals surface area contributed by atoms with E-state index in [0.717, 1.165) is 21.8 Å². The number of carbonyl (C=O) groups is 1. The van der Waals surface area contributed by atoms with E-state index >= 15 is 0 Å². The summed E-state index contributed by atoms with van der Waals surface area (Å²) in [7, 11) is 1.61. The first-order chi connectivity index (χ1) is 18.7. The Kier molecular flexibility index (Phi) is 9.67. The lowest BCUT2D eigenvalue weighted by atomic mass is 10.1. The second-order valence-corrected chi connectivity index (χ2v) is 8.76. The van der Waals surface area contributed by atoms with E-state index in [2.05, 4.69) is 22.4 Å². The van der Waals surface area contributed by atoms with Gasteiger partial charge in [-0.15, -0.1) is 12.4 Å². The van der Waals surface area contributed by atoms with Crippen LogP contribution in [0.25, 0.3) is 21.8 Å². The van der Waals surface area contributed by atoms with E-state index in [1.165, 1.54) is 0 Å². The molecule has 0 aliphatic heterocycles. The molecule has 0 saturated heterocycles. The fourth-order valence-electron chi connectivity index (χ4n) is 4.31. The largest absolute Gasteiger partial charge is 0.493 e. The summed E-state index contributed by atoms with van der Waals surface area (Å²) in [5, 5.41) is 5.54. The van der Waals surface area contributed by atoms with E-state index in [9.17, 15) is 4.79 Å². The molecule has 202 valence electrons. The summed E-state index contributed by atoms with van der Waals surface area (Å²) in [5.74, 6) is 1.68. The van der Waals surface area contributed by atoms with Gasteiger partial charge in [0.25, 0.3) is 0 Å². The number of fused-ring (bicyclic) bond motifs is 3. The van der Waals surface area contributed by atoms with Gasteiger partial charge in [0.2, 0.25) is 0 Å². The molecule has 0 amide bonds. The van der Waals surface area contributed by atoms with E-state index in [1.807, 2.05) is 72.8 Å². The Morgan fingerprint density at radius 2 is 1.49 bits per heavy atom. The second kappa shape index (κ2) is 13.6. The molecule has 0 bridgehead atoms. The van der Waals surface area contributed by atoms with Gasteiger partial charge >= 0.3 is 5.97 Å². The Hall–Kier alpha value is -4.20. The van der Waals surface area contributed by atoms with Crippen LogP contribution in [0, 0.1) is 0 Å². The number of hydrogen-bond donors (Lipinski definition) is 2. The van der Waals surface area contributed by atoms with Crippen molar-refractivity contribution in [2.75, 3.05) is 33.4 Å². The van der Waals surface area contributed by atoms with Gasteiger partial charge in [0.1, 0.15) is 25.1 Å². The normalized spacial score (nSPS) is 11.5. The third kappa shape index (κ3) is 6.82. The molecule has 0 saturated carbocycles. The van der Waals surface area contributed by atoms with Crippen molar-refractivity contribution in [1.29, 1.82) is 0 Å². The van der Waals surface area contributed by atoms with Crippen molar-refractivity contribution in [1.82, 2.24) is 10.3 Å². The van der Waals surface area contributed by atoms with Crippen molar-refractivity contribution in [3.05, 3.63) is 103 Å². The highest BCUT2D eigenvalue weighted by Gasteiger charge is 2.18. The van der Waals surface area contributed by atoms with Crippen molar-refractivity contribution in [3.63, 3.8) is 0 Å². The average molecular weight is 547 g/mol. The number of H-pyrrole nitrogens is 1. The van der Waals surface area contributed by atoms with Gasteiger partial charge in [-0.25, -0.2) is 4.79 Å². The van der Waals surface area contributed by atoms with Crippen molar-refractivity contribution in [2.45, 2.75) is 6.10 Å². The number of methoxy groups -OCH3 is 1. The fourth-order valence-corrected chi connectivity index (χ4v) is 4.31. The maximum Gasteiger partial charge on any atom is 0.338 e. The molecular weight excluding hydrogens is 516 g/mol. The Labute approximate surface area is 233 Å². The number of para-hydroxylation sites is 4. The highest BCUT2D eigenvalue weighted by Crippen LogP contribution is 2.31. The molecule has 5 rings (SSSR count). The van der Waals surface area contributed by atoms with Gasteiger partial charge < -0.3 is 29.2 Å². The van der Waals surface area contributed by atoms with Crippen LogP contribution in [0.4, 0.5) is 0 Å². The van der Waals surface area contributed by atoms with Gasteiger partial charge in [-0.2, -0.15) is 0 Å². The molecule has 7 nitrogen and oxygen atoms in total. The van der Waals surface area contributed by atoms with Crippen molar-refractivity contribution in [3.8, 4) is 17.2 Å². The van der Waals surface area contributed by atoms with E-state index in [0.29, 0.717) is 42.5 Å². The quantitative estimate of drug-likeness (QED) is 0.147. The summed E-state index contributed by atoms with van der Waals surface area (Å²) in [6.07, 6.45) is -0.520. The van der Waals surface area contributed by atoms with Crippen molar-refractivity contribution in [2.24, 2.45) is 0 Å². The number of benzene rings is 4. The lowest BCUT2D eigenvalue weighted by molar-refractivity contribution is 0.0178. The molecule has 0 fully saturated rings. The first kappa shape index (κ1) is 27.8. The van der Waals surface area contributed by atoms with Crippen LogP contribution in [-0.4, -0.2) is 50.5 Å². The molecule has 5 aromatic rings. The zero-order valence-electron chi connectivity index (χ0n) is 21.6. The van der Waals surface area contributed by atoms with Crippen LogP contribution in [0.5, 0.6) is 17.2 Å². The molecule has 1 aromatic heterocycles. The Balaban J connectivity index is 0.00000353.